The Bertz CT molecular complexity index is 3270. The van der Waals surface area contributed by atoms with Gasteiger partial charge in [0, 0.05) is 84.8 Å². The number of pyridine rings is 1. The van der Waals surface area contributed by atoms with Crippen LogP contribution in [0.2, 0.25) is 0 Å². The molecule has 0 aromatic carbocycles. The molecule has 5 aromatic rings. The molecule has 33 heteroatoms. The minimum atomic E-state index is -0.482. The van der Waals surface area contributed by atoms with Crippen LogP contribution in [0.3, 0.4) is 0 Å². The summed E-state index contributed by atoms with van der Waals surface area (Å²) in [7, 11) is 0. The van der Waals surface area contributed by atoms with Crippen LogP contribution in [0.4, 0.5) is 4.79 Å². The molecular weight excluding hydrogens is 1360 g/mol. The Morgan fingerprint density at radius 1 is 0.617 bits per heavy atom. The largest absolute Gasteiger partial charge is 0.442 e. The average molecular weight is 1460 g/mol. The fourth-order valence-electron chi connectivity index (χ4n) is 6.78. The standard InChI is InChI=1S/C10H13N3OS.C9H13NO2S.C9H13NOS.C8H15NOS.C7H11NO2S.C6H11N3OS.C6H13N3S.C6H10N2O2S/c1-7(2)15-6-8-5-10(14)13-9(12-8)3-4-11-13;1-6(2)13-5-7-3-8(11)10-9(12)4-7;1-7(2)12-6-8-3-4-10-9(11)5-8;1-6(2)11-5-7-3-8(10)9-4-7;1-5(2)11-4-6-3-10-7(9)8-6;1-4(2)11-3-5-7-6(10)9-8-5;1-5(2)10-4-6-3-7-9-8-6;1-4(2)11-3-5-7-8-6(9)10-5/h3-5,7,11H,6H2,1-2H3;3,6H,4-5H2,1-2H3,(H,10,11,12);3-5,7H,6H2,1-2H3,(H,10,11);6-7H,3-5H2,1-2H3,(H,9,10);5H,3-4H2,1-2H3;4H,3H2,1-2H3,(H2,7,8,9,10);5,7,9H,3-4H2,1-2H3;4H,3H2,1-2H3,(H,8,9). The lowest BCUT2D eigenvalue weighted by Gasteiger charge is -2.13. The highest BCUT2D eigenvalue weighted by Crippen LogP contribution is 2.21. The SMILES string of the molecule is CC(C)SCC1=CC(=O)NC(=O)C1.CC(C)SCC1=NC(=O)OC1.CC(C)SCC1=NNNC1.CC(C)SCC1CNC(=O)C1.CC(C)SCc1cc(=O)n2[nH]ccc2n1.CC(C)SCc1cc[nH]c(=O)c1.CC(C)SCc1n[nH]c(=O)[nH]1.CC(C)SCc1n[nH]c(=O)o1. The van der Waals surface area contributed by atoms with Crippen molar-refractivity contribution in [2.75, 3.05) is 42.7 Å². The number of aromatic amines is 5. The van der Waals surface area contributed by atoms with Gasteiger partial charge in [0.1, 0.15) is 12.4 Å². The molecule has 0 radical (unpaired) electrons. The number of aliphatic imine (C=N–C) groups is 1. The zero-order chi connectivity index (χ0) is 70.1. The third kappa shape index (κ3) is 43.2. The fourth-order valence-corrected chi connectivity index (χ4v) is 12.4. The molecular formula is C61H99N15O10S8. The van der Waals surface area contributed by atoms with Crippen LogP contribution >= 0.6 is 94.1 Å². The molecule has 4 aliphatic rings. The van der Waals surface area contributed by atoms with E-state index in [9.17, 15) is 38.4 Å². The molecule has 5 aromatic heterocycles. The number of hydrazine groups is 1. The van der Waals surface area contributed by atoms with Gasteiger partial charge in [-0.25, -0.2) is 45.0 Å². The van der Waals surface area contributed by atoms with Gasteiger partial charge in [0.15, 0.2) is 5.65 Å². The van der Waals surface area contributed by atoms with E-state index in [1.54, 1.807) is 89.4 Å². The minimum Gasteiger partial charge on any atom is -0.442 e. The van der Waals surface area contributed by atoms with Crippen molar-refractivity contribution in [3.05, 3.63) is 113 Å². The zero-order valence-corrected chi connectivity index (χ0v) is 63.5. The second kappa shape index (κ2) is 48.6. The maximum absolute atomic E-state index is 11.6. The number of ether oxygens (including phenoxy) is 1. The Morgan fingerprint density at radius 3 is 1.73 bits per heavy atom. The Kier molecular flexibility index (Phi) is 44.0. The second-order valence-corrected chi connectivity index (χ2v) is 35.5. The molecule has 1 atom stereocenters. The van der Waals surface area contributed by atoms with Crippen LogP contribution in [-0.2, 0) is 42.1 Å². The van der Waals surface area contributed by atoms with E-state index in [0.29, 0.717) is 84.1 Å². The number of nitrogens with one attached hydrogen (secondary N) is 9. The highest BCUT2D eigenvalue weighted by molar-refractivity contribution is 8.01. The van der Waals surface area contributed by atoms with Gasteiger partial charge in [-0.2, -0.15) is 97.5 Å². The molecule has 9 rings (SSSR count). The number of hydrogen-bond donors (Lipinski definition) is 9. The summed E-state index contributed by atoms with van der Waals surface area (Å²) in [5, 5.41) is 28.6. The number of thioether (sulfide) groups is 8. The zero-order valence-electron chi connectivity index (χ0n) is 57.0. The van der Waals surface area contributed by atoms with E-state index in [0.717, 1.165) is 82.3 Å². The lowest BCUT2D eigenvalue weighted by atomic mass is 10.1. The summed E-state index contributed by atoms with van der Waals surface area (Å²) in [6.45, 7) is 36.3. The first-order valence-corrected chi connectivity index (χ1v) is 39.2. The van der Waals surface area contributed by atoms with E-state index in [4.69, 9.17) is 4.42 Å². The summed E-state index contributed by atoms with van der Waals surface area (Å²) in [6.07, 6.45) is 5.59. The predicted molar refractivity (Wildman–Crippen MR) is 400 cm³/mol. The van der Waals surface area contributed by atoms with Gasteiger partial charge in [-0.3, -0.25) is 39.4 Å². The first-order valence-electron chi connectivity index (χ1n) is 30.9. The van der Waals surface area contributed by atoms with Crippen molar-refractivity contribution in [1.82, 2.24) is 66.6 Å². The number of aromatic nitrogens is 9. The molecule has 25 nitrogen and oxygen atoms in total. The molecule has 9 N–H and O–H groups in total. The molecule has 1 unspecified atom stereocenters. The number of fused-ring (bicyclic) bond motifs is 1. The molecule has 526 valence electrons. The van der Waals surface area contributed by atoms with E-state index < -0.39 is 11.8 Å². The summed E-state index contributed by atoms with van der Waals surface area (Å²) >= 11 is 14.4. The summed E-state index contributed by atoms with van der Waals surface area (Å²) in [5.74, 6) is 7.89. The molecule has 9 heterocycles. The average Bonchev–Trinajstić information content (AvgIpc) is 1.66. The van der Waals surface area contributed by atoms with E-state index in [1.807, 2.05) is 41.4 Å². The lowest BCUT2D eigenvalue weighted by molar-refractivity contribution is -0.128. The Hall–Kier alpha value is -5.03. The summed E-state index contributed by atoms with van der Waals surface area (Å²) in [4.78, 5) is 99.8. The van der Waals surface area contributed by atoms with Gasteiger partial charge in [-0.1, -0.05) is 111 Å². The van der Waals surface area contributed by atoms with Crippen LogP contribution in [-0.4, -0.2) is 165 Å². The number of H-pyrrole nitrogens is 5. The molecule has 1 saturated heterocycles. The highest BCUT2D eigenvalue weighted by atomic mass is 32.2. The van der Waals surface area contributed by atoms with Gasteiger partial charge in [0.2, 0.25) is 23.3 Å². The smallest absolute Gasteiger partial charge is 0.434 e. The van der Waals surface area contributed by atoms with Crippen LogP contribution < -0.4 is 44.2 Å². The van der Waals surface area contributed by atoms with E-state index in [-0.39, 0.29) is 34.5 Å². The molecule has 0 spiro atoms. The third-order valence-corrected chi connectivity index (χ3v) is 20.6. The summed E-state index contributed by atoms with van der Waals surface area (Å²) in [6, 6.07) is 6.97. The van der Waals surface area contributed by atoms with Crippen molar-refractivity contribution in [2.24, 2.45) is 16.0 Å². The number of hydrazone groups is 1. The van der Waals surface area contributed by atoms with E-state index in [2.05, 4.69) is 188 Å². The normalized spacial score (nSPS) is 14.8. The fraction of sp³-hybridized carbons (Fsp3) is 0.623. The Balaban J connectivity index is 0.000000367. The van der Waals surface area contributed by atoms with Crippen LogP contribution in [0.25, 0.3) is 5.65 Å². The second-order valence-electron chi connectivity index (χ2n) is 23.0. The van der Waals surface area contributed by atoms with Gasteiger partial charge in [0.05, 0.1) is 35.2 Å². The number of imide groups is 1. The first-order chi connectivity index (χ1) is 44.4. The molecule has 4 amide bonds. The molecule has 0 bridgehead atoms. The number of hydrogen-bond acceptors (Lipinski definition) is 24. The lowest BCUT2D eigenvalue weighted by Crippen LogP contribution is -2.33. The van der Waals surface area contributed by atoms with Gasteiger partial charge < -0.3 is 19.5 Å². The molecule has 1 fully saturated rings. The Morgan fingerprint density at radius 2 is 1.21 bits per heavy atom. The number of nitrogens with zero attached hydrogens (tertiary/aromatic N) is 6. The highest BCUT2D eigenvalue weighted by Gasteiger charge is 2.21. The third-order valence-electron chi connectivity index (χ3n) is 11.2. The van der Waals surface area contributed by atoms with Crippen molar-refractivity contribution >= 4 is 135 Å². The van der Waals surface area contributed by atoms with Crippen LogP contribution in [0.1, 0.15) is 147 Å². The van der Waals surface area contributed by atoms with Crippen molar-refractivity contribution < 1.29 is 28.3 Å². The maximum atomic E-state index is 11.6. The molecule has 4 aliphatic heterocycles. The van der Waals surface area contributed by atoms with Crippen molar-refractivity contribution in [2.45, 2.75) is 189 Å². The monoisotopic (exact) mass is 1460 g/mol. The number of carbonyl (C=O) groups excluding carboxylic acids is 4. The van der Waals surface area contributed by atoms with Crippen LogP contribution in [0.15, 0.2) is 82.0 Å². The predicted octanol–water partition coefficient (Wildman–Crippen LogP) is 10.1. The molecule has 94 heavy (non-hydrogen) atoms. The van der Waals surface area contributed by atoms with Gasteiger partial charge in [0.25, 0.3) is 11.5 Å². The number of cyclic esters (lactones) is 1. The molecule has 0 saturated carbocycles. The Labute approximate surface area is 586 Å². The number of rotatable bonds is 24. The van der Waals surface area contributed by atoms with Gasteiger partial charge >= 0.3 is 17.5 Å². The maximum Gasteiger partial charge on any atom is 0.434 e. The summed E-state index contributed by atoms with van der Waals surface area (Å²) in [5.41, 5.74) is 11.0. The molecule has 0 aliphatic carbocycles. The van der Waals surface area contributed by atoms with Crippen molar-refractivity contribution in [3.63, 3.8) is 0 Å². The number of carbonyl (C=O) groups is 4. The van der Waals surface area contributed by atoms with Gasteiger partial charge in [-0.15, -0.1) is 16.9 Å². The number of amides is 4. The first kappa shape index (κ1) is 85.1. The van der Waals surface area contributed by atoms with E-state index in [1.165, 1.54) is 16.3 Å². The van der Waals surface area contributed by atoms with Crippen molar-refractivity contribution in [1.29, 1.82) is 0 Å². The quantitative estimate of drug-likeness (QED) is 0.0259. The van der Waals surface area contributed by atoms with E-state index >= 15 is 0 Å². The van der Waals surface area contributed by atoms with Crippen LogP contribution in [0, 0.1) is 5.92 Å². The topological polar surface area (TPSA) is 354 Å². The summed E-state index contributed by atoms with van der Waals surface area (Å²) < 4.78 is 10.8. The van der Waals surface area contributed by atoms with Gasteiger partial charge in [-0.05, 0) is 70.9 Å². The van der Waals surface area contributed by atoms with Crippen molar-refractivity contribution in [3.8, 4) is 0 Å². The minimum absolute atomic E-state index is 0.0168. The van der Waals surface area contributed by atoms with Crippen LogP contribution in [0.5, 0.6) is 0 Å².